The van der Waals surface area contributed by atoms with Crippen LogP contribution in [0.4, 0.5) is 5.69 Å². The smallest absolute Gasteiger partial charge is 0.324 e. The van der Waals surface area contributed by atoms with E-state index >= 15 is 0 Å². The van der Waals surface area contributed by atoms with Crippen molar-refractivity contribution in [1.29, 1.82) is 0 Å². The van der Waals surface area contributed by atoms with Crippen LogP contribution in [0.5, 0.6) is 0 Å². The molecule has 122 valence electrons. The molecule has 0 aliphatic heterocycles. The van der Waals surface area contributed by atoms with Crippen molar-refractivity contribution >= 4 is 37.6 Å². The Kier molecular flexibility index (Phi) is 5.11. The van der Waals surface area contributed by atoms with Gasteiger partial charge in [0.25, 0.3) is 10.0 Å². The van der Waals surface area contributed by atoms with Gasteiger partial charge in [0.2, 0.25) is 0 Å². The van der Waals surface area contributed by atoms with Gasteiger partial charge in [0.15, 0.2) is 0 Å². The number of sulfonamides is 1. The molecule has 0 saturated heterocycles. The highest BCUT2D eigenvalue weighted by molar-refractivity contribution is 9.10. The molecule has 7 heteroatoms. The van der Waals surface area contributed by atoms with Crippen LogP contribution in [-0.4, -0.2) is 26.0 Å². The van der Waals surface area contributed by atoms with Gasteiger partial charge < -0.3 is 5.11 Å². The summed E-state index contributed by atoms with van der Waals surface area (Å²) in [5, 5.41) is 9.15. The monoisotopic (exact) mass is 397 g/mol. The quantitative estimate of drug-likeness (QED) is 0.839. The van der Waals surface area contributed by atoms with E-state index in [0.717, 1.165) is 14.3 Å². The predicted molar refractivity (Wildman–Crippen MR) is 92.2 cm³/mol. The number of nitrogens with zero attached hydrogens (tertiary/aromatic N) is 1. The molecule has 1 N–H and O–H groups in total. The Hall–Kier alpha value is -1.86. The zero-order chi connectivity index (χ0) is 17.2. The molecule has 0 fully saturated rings. The van der Waals surface area contributed by atoms with Gasteiger partial charge in [-0.05, 0) is 55.3 Å². The zero-order valence-corrected chi connectivity index (χ0v) is 15.1. The number of carboxylic acid groups (broad SMARTS) is 1. The largest absolute Gasteiger partial charge is 0.480 e. The second-order valence-corrected chi connectivity index (χ2v) is 7.93. The normalized spacial score (nSPS) is 11.3. The number of carbonyl (C=O) groups is 1. The Labute approximate surface area is 143 Å². The van der Waals surface area contributed by atoms with E-state index in [4.69, 9.17) is 5.11 Å². The van der Waals surface area contributed by atoms with Crippen LogP contribution < -0.4 is 4.31 Å². The molecule has 0 aromatic heterocycles. The molecule has 0 aliphatic rings. The Morgan fingerprint density at radius 3 is 2.30 bits per heavy atom. The van der Waals surface area contributed by atoms with E-state index in [2.05, 4.69) is 15.9 Å². The maximum Gasteiger partial charge on any atom is 0.324 e. The van der Waals surface area contributed by atoms with Crippen LogP contribution in [0, 0.1) is 13.8 Å². The third kappa shape index (κ3) is 3.92. The molecule has 0 saturated carbocycles. The summed E-state index contributed by atoms with van der Waals surface area (Å²) in [4.78, 5) is 11.2. The van der Waals surface area contributed by atoms with E-state index in [1.807, 2.05) is 13.0 Å². The molecular weight excluding hydrogens is 382 g/mol. The van der Waals surface area contributed by atoms with Crippen molar-refractivity contribution in [1.82, 2.24) is 0 Å². The average molecular weight is 398 g/mol. The molecule has 0 aliphatic carbocycles. The molecule has 0 radical (unpaired) electrons. The van der Waals surface area contributed by atoms with E-state index in [0.29, 0.717) is 11.3 Å². The van der Waals surface area contributed by atoms with Crippen molar-refractivity contribution in [3.63, 3.8) is 0 Å². The summed E-state index contributed by atoms with van der Waals surface area (Å²) in [7, 11) is -3.97. The highest BCUT2D eigenvalue weighted by Crippen LogP contribution is 2.28. The SMILES string of the molecule is Cc1ccc(C)c(N(CC(=O)O)S(=O)(=O)c2ccc(Br)cc2)c1. The lowest BCUT2D eigenvalue weighted by Crippen LogP contribution is -2.36. The van der Waals surface area contributed by atoms with Crippen molar-refractivity contribution < 1.29 is 18.3 Å². The van der Waals surface area contributed by atoms with E-state index in [-0.39, 0.29) is 4.90 Å². The van der Waals surface area contributed by atoms with Crippen LogP contribution in [-0.2, 0) is 14.8 Å². The third-order valence-corrected chi connectivity index (χ3v) is 5.62. The van der Waals surface area contributed by atoms with Crippen molar-refractivity contribution in [2.45, 2.75) is 18.7 Å². The van der Waals surface area contributed by atoms with Crippen molar-refractivity contribution in [3.05, 3.63) is 58.1 Å². The average Bonchev–Trinajstić information content (AvgIpc) is 2.47. The fraction of sp³-hybridized carbons (Fsp3) is 0.188. The topological polar surface area (TPSA) is 74.7 Å². The van der Waals surface area contributed by atoms with Gasteiger partial charge in [0.1, 0.15) is 6.54 Å². The van der Waals surface area contributed by atoms with Gasteiger partial charge in [-0.2, -0.15) is 0 Å². The summed E-state index contributed by atoms with van der Waals surface area (Å²) in [6, 6.07) is 11.4. The third-order valence-electron chi connectivity index (χ3n) is 3.31. The van der Waals surface area contributed by atoms with Gasteiger partial charge in [0, 0.05) is 4.47 Å². The lowest BCUT2D eigenvalue weighted by atomic mass is 10.1. The summed E-state index contributed by atoms with van der Waals surface area (Å²) < 4.78 is 27.5. The molecule has 0 unspecified atom stereocenters. The fourth-order valence-corrected chi connectivity index (χ4v) is 3.88. The maximum absolute atomic E-state index is 12.9. The van der Waals surface area contributed by atoms with Gasteiger partial charge in [-0.1, -0.05) is 28.1 Å². The lowest BCUT2D eigenvalue weighted by molar-refractivity contribution is -0.135. The molecule has 5 nitrogen and oxygen atoms in total. The van der Waals surface area contributed by atoms with Gasteiger partial charge in [-0.3, -0.25) is 9.10 Å². The second kappa shape index (κ2) is 6.72. The Morgan fingerprint density at radius 1 is 1.13 bits per heavy atom. The Morgan fingerprint density at radius 2 is 1.74 bits per heavy atom. The van der Waals surface area contributed by atoms with Gasteiger partial charge in [-0.25, -0.2) is 8.42 Å². The zero-order valence-electron chi connectivity index (χ0n) is 12.7. The first-order chi connectivity index (χ1) is 10.7. The number of halogens is 1. The number of aryl methyl sites for hydroxylation is 2. The first-order valence-corrected chi connectivity index (χ1v) is 9.02. The summed E-state index contributed by atoms with van der Waals surface area (Å²) in [6.07, 6.45) is 0. The summed E-state index contributed by atoms with van der Waals surface area (Å²) in [5.41, 5.74) is 1.92. The van der Waals surface area contributed by atoms with E-state index in [9.17, 15) is 13.2 Å². The highest BCUT2D eigenvalue weighted by Gasteiger charge is 2.28. The summed E-state index contributed by atoms with van der Waals surface area (Å²) in [6.45, 7) is 2.94. The van der Waals surface area contributed by atoms with Crippen LogP contribution in [0.15, 0.2) is 51.8 Å². The number of anilines is 1. The van der Waals surface area contributed by atoms with Gasteiger partial charge in [0.05, 0.1) is 10.6 Å². The summed E-state index contributed by atoms with van der Waals surface area (Å²) in [5.74, 6) is -1.22. The van der Waals surface area contributed by atoms with Gasteiger partial charge >= 0.3 is 5.97 Å². The van der Waals surface area contributed by atoms with Crippen LogP contribution >= 0.6 is 15.9 Å². The first-order valence-electron chi connectivity index (χ1n) is 6.79. The first kappa shape index (κ1) is 17.5. The van der Waals surface area contributed by atoms with Crippen LogP contribution in [0.25, 0.3) is 0 Å². The molecule has 2 aromatic carbocycles. The van der Waals surface area contributed by atoms with Crippen molar-refractivity contribution in [3.8, 4) is 0 Å². The molecule has 0 heterocycles. The van der Waals surface area contributed by atoms with Crippen LogP contribution in [0.3, 0.4) is 0 Å². The van der Waals surface area contributed by atoms with Crippen LogP contribution in [0.1, 0.15) is 11.1 Å². The minimum Gasteiger partial charge on any atom is -0.480 e. The molecule has 2 aromatic rings. The van der Waals surface area contributed by atoms with Gasteiger partial charge in [-0.15, -0.1) is 0 Å². The fourth-order valence-electron chi connectivity index (χ4n) is 2.14. The van der Waals surface area contributed by atoms with Crippen LogP contribution in [0.2, 0.25) is 0 Å². The minimum absolute atomic E-state index is 0.0443. The standard InChI is InChI=1S/C16H16BrNO4S/c1-11-3-4-12(2)15(9-11)18(10-16(19)20)23(21,22)14-7-5-13(17)6-8-14/h3-9H,10H2,1-2H3,(H,19,20). The molecule has 0 bridgehead atoms. The molecule has 0 atom stereocenters. The number of hydrogen-bond acceptors (Lipinski definition) is 3. The number of rotatable bonds is 5. The minimum atomic E-state index is -3.97. The lowest BCUT2D eigenvalue weighted by Gasteiger charge is -2.24. The van der Waals surface area contributed by atoms with Crippen molar-refractivity contribution in [2.75, 3.05) is 10.8 Å². The number of benzene rings is 2. The summed E-state index contributed by atoms with van der Waals surface area (Å²) >= 11 is 3.25. The number of hydrogen-bond donors (Lipinski definition) is 1. The predicted octanol–water partition coefficient (Wildman–Crippen LogP) is 3.35. The molecule has 23 heavy (non-hydrogen) atoms. The van der Waals surface area contributed by atoms with E-state index in [1.165, 1.54) is 12.1 Å². The van der Waals surface area contributed by atoms with E-state index in [1.54, 1.807) is 31.2 Å². The number of aliphatic carboxylic acids is 1. The van der Waals surface area contributed by atoms with Crippen molar-refractivity contribution in [2.24, 2.45) is 0 Å². The molecular formula is C16H16BrNO4S. The Bertz CT molecular complexity index is 832. The molecule has 0 amide bonds. The highest BCUT2D eigenvalue weighted by atomic mass is 79.9. The number of carboxylic acids is 1. The molecule has 2 rings (SSSR count). The van der Waals surface area contributed by atoms with E-state index < -0.39 is 22.5 Å². The second-order valence-electron chi connectivity index (χ2n) is 5.15. The molecule has 0 spiro atoms. The maximum atomic E-state index is 12.9. The Balaban J connectivity index is 2.60.